The van der Waals surface area contributed by atoms with Gasteiger partial charge >= 0.3 is 0 Å². The molecule has 1 fully saturated rings. The number of nitrogens with zero attached hydrogens (tertiary/aromatic N) is 1. The molecule has 1 heterocycles. The lowest BCUT2D eigenvalue weighted by atomic mass is 10.1. The fourth-order valence-corrected chi connectivity index (χ4v) is 3.26. The van der Waals surface area contributed by atoms with Crippen LogP contribution in [0, 0.1) is 0 Å². The number of morpholine rings is 1. The van der Waals surface area contributed by atoms with Crippen LogP contribution in [-0.4, -0.2) is 39.0 Å². The van der Waals surface area contributed by atoms with E-state index in [2.05, 4.69) is 0 Å². The predicted octanol–water partition coefficient (Wildman–Crippen LogP) is 1.71. The van der Waals surface area contributed by atoms with Crippen molar-refractivity contribution in [2.24, 2.45) is 0 Å². The van der Waals surface area contributed by atoms with Crippen molar-refractivity contribution in [3.63, 3.8) is 0 Å². The molecule has 0 atom stereocenters. The summed E-state index contributed by atoms with van der Waals surface area (Å²) in [5, 5.41) is 1.34. The van der Waals surface area contributed by atoms with Crippen LogP contribution in [0.5, 0.6) is 0 Å². The van der Waals surface area contributed by atoms with Gasteiger partial charge in [0.15, 0.2) is 0 Å². The zero-order chi connectivity index (χ0) is 13.0. The molecule has 0 aromatic heterocycles. The Morgan fingerprint density at radius 1 is 1.22 bits per heavy atom. The Bertz CT molecular complexity index is 516. The topological polar surface area (TPSA) is 46.6 Å². The van der Waals surface area contributed by atoms with Crippen molar-refractivity contribution in [2.45, 2.75) is 6.92 Å². The van der Waals surface area contributed by atoms with E-state index >= 15 is 0 Å². The second-order valence-corrected chi connectivity index (χ2v) is 6.01. The summed E-state index contributed by atoms with van der Waals surface area (Å²) in [6, 6.07) is 9.51. The first-order chi connectivity index (χ1) is 8.59. The van der Waals surface area contributed by atoms with Crippen molar-refractivity contribution in [3.8, 4) is 0 Å². The minimum absolute atomic E-state index is 0.431. The van der Waals surface area contributed by atoms with Gasteiger partial charge in [-0.1, -0.05) is 30.3 Å². The summed E-state index contributed by atoms with van der Waals surface area (Å²) in [5.74, 6) is 0. The van der Waals surface area contributed by atoms with Crippen LogP contribution in [0.25, 0.3) is 5.57 Å². The minimum Gasteiger partial charge on any atom is -0.379 e. The number of sulfonamides is 1. The molecule has 0 spiro atoms. The number of ether oxygens (including phenoxy) is 1. The number of rotatable bonds is 3. The van der Waals surface area contributed by atoms with Gasteiger partial charge in [0.1, 0.15) is 0 Å². The van der Waals surface area contributed by atoms with Crippen LogP contribution in [0.1, 0.15) is 12.5 Å². The number of hydrogen-bond acceptors (Lipinski definition) is 3. The maximum atomic E-state index is 12.2. The highest BCUT2D eigenvalue weighted by Crippen LogP contribution is 2.17. The van der Waals surface area contributed by atoms with Gasteiger partial charge in [0, 0.05) is 18.5 Å². The zero-order valence-electron chi connectivity index (χ0n) is 10.4. The molecule has 0 unspecified atom stereocenters. The van der Waals surface area contributed by atoms with E-state index in [4.69, 9.17) is 4.74 Å². The molecule has 1 aromatic carbocycles. The highest BCUT2D eigenvalue weighted by molar-refractivity contribution is 7.92. The van der Waals surface area contributed by atoms with Crippen LogP contribution in [0.15, 0.2) is 35.7 Å². The van der Waals surface area contributed by atoms with Gasteiger partial charge in [0.05, 0.1) is 13.2 Å². The molecule has 0 aliphatic carbocycles. The summed E-state index contributed by atoms with van der Waals surface area (Å²) in [6.45, 7) is 3.62. The van der Waals surface area contributed by atoms with Gasteiger partial charge in [-0.05, 0) is 18.1 Å². The van der Waals surface area contributed by atoms with E-state index in [1.807, 2.05) is 37.3 Å². The number of allylic oxidation sites excluding steroid dienone is 1. The Hall–Kier alpha value is -1.17. The monoisotopic (exact) mass is 267 g/mol. The van der Waals surface area contributed by atoms with Gasteiger partial charge in [-0.3, -0.25) is 0 Å². The number of benzene rings is 1. The Labute approximate surface area is 108 Å². The lowest BCUT2D eigenvalue weighted by molar-refractivity contribution is 0.0735. The summed E-state index contributed by atoms with van der Waals surface area (Å²) >= 11 is 0. The summed E-state index contributed by atoms with van der Waals surface area (Å²) < 4.78 is 30.9. The van der Waals surface area contributed by atoms with Crippen LogP contribution in [0.4, 0.5) is 0 Å². The third-order valence-electron chi connectivity index (χ3n) is 2.88. The summed E-state index contributed by atoms with van der Waals surface area (Å²) in [4.78, 5) is 0. The molecule has 18 heavy (non-hydrogen) atoms. The van der Waals surface area contributed by atoms with Crippen molar-refractivity contribution < 1.29 is 13.2 Å². The highest BCUT2D eigenvalue weighted by Gasteiger charge is 2.22. The molecule has 0 saturated carbocycles. The first-order valence-corrected chi connectivity index (χ1v) is 7.41. The second kappa shape index (κ2) is 5.65. The van der Waals surface area contributed by atoms with Gasteiger partial charge in [0.25, 0.3) is 0 Å². The molecule has 0 radical (unpaired) electrons. The van der Waals surface area contributed by atoms with Gasteiger partial charge in [-0.2, -0.15) is 4.31 Å². The predicted molar refractivity (Wildman–Crippen MR) is 71.4 cm³/mol. The lowest BCUT2D eigenvalue weighted by Gasteiger charge is -2.24. The summed E-state index contributed by atoms with van der Waals surface area (Å²) in [7, 11) is -3.34. The third kappa shape index (κ3) is 3.19. The van der Waals surface area contributed by atoms with Crippen LogP contribution < -0.4 is 0 Å². The van der Waals surface area contributed by atoms with Crippen LogP contribution >= 0.6 is 0 Å². The van der Waals surface area contributed by atoms with Gasteiger partial charge in [-0.15, -0.1) is 0 Å². The van der Waals surface area contributed by atoms with Crippen molar-refractivity contribution in [1.29, 1.82) is 0 Å². The van der Waals surface area contributed by atoms with Crippen molar-refractivity contribution >= 4 is 15.6 Å². The molecule has 5 heteroatoms. The quantitative estimate of drug-likeness (QED) is 0.837. The molecule has 1 aromatic rings. The molecule has 1 aliphatic heterocycles. The minimum atomic E-state index is -3.34. The first-order valence-electron chi connectivity index (χ1n) is 5.91. The Balaban J connectivity index is 2.20. The van der Waals surface area contributed by atoms with E-state index in [1.54, 1.807) is 0 Å². The van der Waals surface area contributed by atoms with Crippen molar-refractivity contribution in [2.75, 3.05) is 26.3 Å². The molecule has 1 saturated heterocycles. The Morgan fingerprint density at radius 3 is 2.44 bits per heavy atom. The lowest BCUT2D eigenvalue weighted by Crippen LogP contribution is -2.39. The van der Waals surface area contributed by atoms with E-state index in [-0.39, 0.29) is 0 Å². The van der Waals surface area contributed by atoms with E-state index < -0.39 is 10.0 Å². The normalized spacial score (nSPS) is 18.8. The maximum Gasteiger partial charge on any atom is 0.236 e. The molecule has 0 N–H and O–H groups in total. The maximum absolute atomic E-state index is 12.2. The molecule has 2 rings (SSSR count). The molecule has 1 aliphatic rings. The van der Waals surface area contributed by atoms with Gasteiger partial charge in [0.2, 0.25) is 10.0 Å². The molecular weight excluding hydrogens is 250 g/mol. The molecular formula is C13H17NO3S. The molecule has 4 nitrogen and oxygen atoms in total. The first kappa shape index (κ1) is 13.3. The standard InChI is InChI=1S/C13H17NO3S/c1-12(13-5-3-2-4-6-13)11-18(15,16)14-7-9-17-10-8-14/h2-6,11H,7-10H2,1H3/b12-11+. The van der Waals surface area contributed by atoms with Gasteiger partial charge < -0.3 is 4.74 Å². The summed E-state index contributed by atoms with van der Waals surface area (Å²) in [5.41, 5.74) is 1.68. The fraction of sp³-hybridized carbons (Fsp3) is 0.385. The smallest absolute Gasteiger partial charge is 0.236 e. The average molecular weight is 267 g/mol. The fourth-order valence-electron chi connectivity index (χ4n) is 1.87. The molecule has 98 valence electrons. The Morgan fingerprint density at radius 2 is 1.83 bits per heavy atom. The summed E-state index contributed by atoms with van der Waals surface area (Å²) in [6.07, 6.45) is 0. The van der Waals surface area contributed by atoms with Crippen LogP contribution in [0.3, 0.4) is 0 Å². The van der Waals surface area contributed by atoms with Crippen molar-refractivity contribution in [3.05, 3.63) is 41.3 Å². The molecule has 0 amide bonds. The second-order valence-electron chi connectivity index (χ2n) is 4.22. The highest BCUT2D eigenvalue weighted by atomic mass is 32.2. The molecule has 0 bridgehead atoms. The van der Waals surface area contributed by atoms with E-state index in [0.29, 0.717) is 26.3 Å². The third-order valence-corrected chi connectivity index (χ3v) is 4.62. The van der Waals surface area contributed by atoms with Gasteiger partial charge in [-0.25, -0.2) is 8.42 Å². The Kier molecular flexibility index (Phi) is 4.16. The van der Waals surface area contributed by atoms with E-state index in [1.165, 1.54) is 9.71 Å². The van der Waals surface area contributed by atoms with E-state index in [9.17, 15) is 8.42 Å². The SMILES string of the molecule is C/C(=C\S(=O)(=O)N1CCOCC1)c1ccccc1. The zero-order valence-corrected chi connectivity index (χ0v) is 11.2. The van der Waals surface area contributed by atoms with Crippen LogP contribution in [-0.2, 0) is 14.8 Å². The average Bonchev–Trinajstić information content (AvgIpc) is 2.40. The van der Waals surface area contributed by atoms with Crippen LogP contribution in [0.2, 0.25) is 0 Å². The number of hydrogen-bond donors (Lipinski definition) is 0. The largest absolute Gasteiger partial charge is 0.379 e. The van der Waals surface area contributed by atoms with Crippen molar-refractivity contribution in [1.82, 2.24) is 4.31 Å². The van der Waals surface area contributed by atoms with E-state index in [0.717, 1.165) is 11.1 Å².